The number of hydrogen-bond donors (Lipinski definition) is 6. The zero-order chi connectivity index (χ0) is 20.9. The number of aliphatic hydroxyl groups excluding tert-OH is 3. The number of nitrogens with zero attached hydrogens (tertiary/aromatic N) is 4. The first-order valence-corrected chi connectivity index (χ1v) is 8.92. The minimum atomic E-state index is -1.65. The monoisotopic (exact) mass is 403 g/mol. The van der Waals surface area contributed by atoms with Crippen LogP contribution in [0.5, 0.6) is 11.5 Å². The Morgan fingerprint density at radius 1 is 1.21 bits per heavy atom. The molecule has 1 unspecified atom stereocenters. The van der Waals surface area contributed by atoms with Gasteiger partial charge in [-0.3, -0.25) is 4.57 Å². The van der Waals surface area contributed by atoms with Gasteiger partial charge in [0.2, 0.25) is 0 Å². The van der Waals surface area contributed by atoms with Crippen molar-refractivity contribution < 1.29 is 30.3 Å². The fourth-order valence-corrected chi connectivity index (χ4v) is 3.90. The van der Waals surface area contributed by atoms with E-state index in [-0.39, 0.29) is 28.5 Å². The first-order valence-electron chi connectivity index (χ1n) is 8.92. The minimum Gasteiger partial charge on any atom is -0.504 e. The van der Waals surface area contributed by atoms with Crippen molar-refractivity contribution in [3.8, 4) is 11.5 Å². The van der Waals surface area contributed by atoms with Gasteiger partial charge in [-0.05, 0) is 17.7 Å². The topological polar surface area (TPSA) is 180 Å². The lowest BCUT2D eigenvalue weighted by Gasteiger charge is -2.39. The van der Waals surface area contributed by atoms with Gasteiger partial charge in [-0.2, -0.15) is 0 Å². The Labute approximate surface area is 164 Å². The summed E-state index contributed by atoms with van der Waals surface area (Å²) in [4.78, 5) is 12.3. The van der Waals surface area contributed by atoms with Gasteiger partial charge in [-0.25, -0.2) is 15.0 Å². The molecule has 0 aliphatic carbocycles. The molecule has 0 radical (unpaired) electrons. The van der Waals surface area contributed by atoms with Crippen LogP contribution in [0.1, 0.15) is 18.4 Å². The molecule has 0 amide bonds. The van der Waals surface area contributed by atoms with Gasteiger partial charge in [0.15, 0.2) is 28.7 Å². The van der Waals surface area contributed by atoms with Crippen molar-refractivity contribution in [2.24, 2.45) is 0 Å². The number of fused-ring (bicyclic) bond motifs is 1. The molecular formula is C18H21N5O6. The molecule has 2 aromatic heterocycles. The number of nitrogens with two attached hydrogens (primary N) is 1. The van der Waals surface area contributed by atoms with Crippen molar-refractivity contribution >= 4 is 17.0 Å². The second-order valence-electron chi connectivity index (χ2n) is 7.04. The van der Waals surface area contributed by atoms with Gasteiger partial charge in [0.25, 0.3) is 0 Å². The van der Waals surface area contributed by atoms with Crippen LogP contribution in [0.3, 0.4) is 0 Å². The van der Waals surface area contributed by atoms with Crippen LogP contribution in [0.25, 0.3) is 11.2 Å². The van der Waals surface area contributed by atoms with E-state index in [2.05, 4.69) is 15.0 Å². The number of aliphatic hydroxyl groups is 3. The minimum absolute atomic E-state index is 0.130. The van der Waals surface area contributed by atoms with Gasteiger partial charge in [-0.15, -0.1) is 0 Å². The molecule has 0 bridgehead atoms. The molecular weight excluding hydrogens is 382 g/mol. The number of phenolic OH excluding ortho intramolecular Hbond substituents is 2. The molecule has 7 N–H and O–H groups in total. The molecule has 5 atom stereocenters. The lowest BCUT2D eigenvalue weighted by molar-refractivity contribution is -0.159. The zero-order valence-electron chi connectivity index (χ0n) is 15.4. The molecule has 29 heavy (non-hydrogen) atoms. The largest absolute Gasteiger partial charge is 0.504 e. The molecule has 1 saturated heterocycles. The molecule has 4 rings (SSSR count). The van der Waals surface area contributed by atoms with Crippen LogP contribution < -0.4 is 5.73 Å². The number of imidazole rings is 1. The molecule has 3 heterocycles. The molecule has 1 aliphatic rings. The number of ether oxygens (including phenoxy) is 1. The predicted octanol–water partition coefficient (Wildman–Crippen LogP) is -0.611. The Bertz CT molecular complexity index is 1060. The summed E-state index contributed by atoms with van der Waals surface area (Å²) >= 11 is 0. The van der Waals surface area contributed by atoms with Crippen LogP contribution in [0.15, 0.2) is 30.9 Å². The maximum Gasteiger partial charge on any atom is 0.183 e. The average Bonchev–Trinajstić information content (AvgIpc) is 3.25. The third-order valence-corrected chi connectivity index (χ3v) is 5.51. The van der Waals surface area contributed by atoms with Gasteiger partial charge in [0.05, 0.1) is 12.9 Å². The van der Waals surface area contributed by atoms with Gasteiger partial charge in [0.1, 0.15) is 30.2 Å². The Hall–Kier alpha value is -2.99. The van der Waals surface area contributed by atoms with Gasteiger partial charge < -0.3 is 36.0 Å². The van der Waals surface area contributed by atoms with Crippen LogP contribution in [-0.2, 0) is 10.5 Å². The summed E-state index contributed by atoms with van der Waals surface area (Å²) in [6.07, 6.45) is -1.36. The average molecular weight is 403 g/mol. The Balaban J connectivity index is 1.95. The number of nitrogen functional groups attached to an aromatic ring is 1. The smallest absolute Gasteiger partial charge is 0.183 e. The first-order chi connectivity index (χ1) is 13.8. The first kappa shape index (κ1) is 19.3. The van der Waals surface area contributed by atoms with E-state index in [1.165, 1.54) is 29.4 Å². The third-order valence-electron chi connectivity index (χ3n) is 5.51. The predicted molar refractivity (Wildman–Crippen MR) is 99.9 cm³/mol. The number of aromatic nitrogens is 4. The number of aromatic hydroxyl groups is 2. The molecule has 1 aliphatic heterocycles. The van der Waals surface area contributed by atoms with E-state index in [1.54, 1.807) is 13.0 Å². The molecule has 1 aromatic carbocycles. The molecule has 11 heteroatoms. The van der Waals surface area contributed by atoms with Crippen molar-refractivity contribution in [3.05, 3.63) is 36.4 Å². The summed E-state index contributed by atoms with van der Waals surface area (Å²) in [5.74, 6) is -1.21. The Morgan fingerprint density at radius 2 is 1.97 bits per heavy atom. The maximum absolute atomic E-state index is 11.0. The van der Waals surface area contributed by atoms with Gasteiger partial charge in [-0.1, -0.05) is 13.0 Å². The Kier molecular flexibility index (Phi) is 4.54. The summed E-state index contributed by atoms with van der Waals surface area (Å²) in [6, 6.07) is 4.19. The number of phenols is 2. The zero-order valence-corrected chi connectivity index (χ0v) is 15.4. The van der Waals surface area contributed by atoms with Gasteiger partial charge >= 0.3 is 0 Å². The highest BCUT2D eigenvalue weighted by atomic mass is 16.6. The van der Waals surface area contributed by atoms with E-state index in [0.717, 1.165) is 0 Å². The highest BCUT2D eigenvalue weighted by molar-refractivity contribution is 5.81. The summed E-state index contributed by atoms with van der Waals surface area (Å²) in [6.45, 7) is 1.18. The Morgan fingerprint density at radius 3 is 2.62 bits per heavy atom. The normalized spacial score (nSPS) is 28.1. The highest BCUT2D eigenvalue weighted by Crippen LogP contribution is 2.48. The van der Waals surface area contributed by atoms with Crippen molar-refractivity contribution in [1.82, 2.24) is 19.5 Å². The standard InChI is InChI=1S/C18H21N5O6/c1-8(9-2-3-10(25)11(26)4-9)18(15(28)14(27)12(5-24)29-18)23-7-22-13-16(19)20-6-21-17(13)23/h2-4,6-8,12,14-15,24-28H,5H2,1H3,(H2,19,20,21)/t8?,12-,14-,15-,18-/m1/s1. The lowest BCUT2D eigenvalue weighted by Crippen LogP contribution is -2.49. The number of hydrogen-bond acceptors (Lipinski definition) is 10. The SMILES string of the molecule is CC(c1ccc(O)c(O)c1)[C@@]1(n2cnc3c(N)ncnc32)O[C@H](CO)[C@@H](O)[C@H]1O. The van der Waals surface area contributed by atoms with Crippen LogP contribution in [0.4, 0.5) is 5.82 Å². The van der Waals surface area contributed by atoms with Crippen molar-refractivity contribution in [2.75, 3.05) is 12.3 Å². The van der Waals surface area contributed by atoms with Crippen LogP contribution >= 0.6 is 0 Å². The van der Waals surface area contributed by atoms with E-state index in [0.29, 0.717) is 5.56 Å². The van der Waals surface area contributed by atoms with E-state index in [4.69, 9.17) is 10.5 Å². The number of rotatable bonds is 4. The van der Waals surface area contributed by atoms with E-state index >= 15 is 0 Å². The molecule has 1 fully saturated rings. The van der Waals surface area contributed by atoms with E-state index < -0.39 is 36.6 Å². The van der Waals surface area contributed by atoms with Gasteiger partial charge in [0, 0.05) is 5.92 Å². The third kappa shape index (κ3) is 2.70. The van der Waals surface area contributed by atoms with E-state index in [1.807, 2.05) is 0 Å². The van der Waals surface area contributed by atoms with Crippen molar-refractivity contribution in [1.29, 1.82) is 0 Å². The summed E-state index contributed by atoms with van der Waals surface area (Å²) < 4.78 is 7.47. The summed E-state index contributed by atoms with van der Waals surface area (Å²) in [5, 5.41) is 50.7. The van der Waals surface area contributed by atoms with E-state index in [9.17, 15) is 25.5 Å². The summed E-state index contributed by atoms with van der Waals surface area (Å²) in [5.41, 5.74) is 5.26. The fourth-order valence-electron chi connectivity index (χ4n) is 3.90. The second-order valence-corrected chi connectivity index (χ2v) is 7.04. The number of anilines is 1. The number of benzene rings is 1. The van der Waals surface area contributed by atoms with Crippen LogP contribution in [0, 0.1) is 0 Å². The van der Waals surface area contributed by atoms with Crippen molar-refractivity contribution in [3.63, 3.8) is 0 Å². The molecule has 0 spiro atoms. The maximum atomic E-state index is 11.0. The molecule has 0 saturated carbocycles. The molecule has 3 aromatic rings. The van der Waals surface area contributed by atoms with Crippen LogP contribution in [-0.4, -0.2) is 70.0 Å². The second kappa shape index (κ2) is 6.81. The van der Waals surface area contributed by atoms with Crippen LogP contribution in [0.2, 0.25) is 0 Å². The lowest BCUT2D eigenvalue weighted by atomic mass is 9.84. The molecule has 11 nitrogen and oxygen atoms in total. The molecule has 154 valence electrons. The fraction of sp³-hybridized carbons (Fsp3) is 0.389. The highest BCUT2D eigenvalue weighted by Gasteiger charge is 2.59. The summed E-state index contributed by atoms with van der Waals surface area (Å²) in [7, 11) is 0. The quantitative estimate of drug-likeness (QED) is 0.308. The van der Waals surface area contributed by atoms with Crippen molar-refractivity contribution in [2.45, 2.75) is 36.9 Å².